The van der Waals surface area contributed by atoms with Gasteiger partial charge in [-0.15, -0.1) is 78.2 Å². The molecule has 0 saturated heterocycles. The van der Waals surface area contributed by atoms with Crippen molar-refractivity contribution in [2.45, 2.75) is 193 Å². The van der Waals surface area contributed by atoms with Gasteiger partial charge in [0, 0.05) is 114 Å². The molecule has 0 aliphatic heterocycles. The number of hydrogen-bond acceptors (Lipinski definition) is 9. The van der Waals surface area contributed by atoms with Gasteiger partial charge in [0.25, 0.3) is 0 Å². The number of benzene rings is 14. The topological polar surface area (TPSA) is 141 Å². The van der Waals surface area contributed by atoms with Crippen LogP contribution in [0.5, 0.6) is 0 Å². The van der Waals surface area contributed by atoms with Crippen molar-refractivity contribution in [3.05, 3.63) is 395 Å². The molecule has 3 heterocycles. The number of nitrogens with zero attached hydrogens (tertiary/aromatic N) is 6. The quantitative estimate of drug-likeness (QED) is 0.0280. The maximum absolute atomic E-state index is 10.6. The third-order valence-corrected chi connectivity index (χ3v) is 25.1. The predicted octanol–water partition coefficient (Wildman–Crippen LogP) is 30.4. The van der Waals surface area contributed by atoms with Crippen LogP contribution in [0.3, 0.4) is 0 Å². The second kappa shape index (κ2) is 52.3. The Bertz CT molecular complexity index is 6640. The molecule has 1 aliphatic carbocycles. The first kappa shape index (κ1) is 111. The van der Waals surface area contributed by atoms with Gasteiger partial charge in [0.05, 0.1) is 64.6 Å². The normalized spacial score (nSPS) is 12.3. The predicted molar refractivity (Wildman–Crippen MR) is 587 cm³/mol. The van der Waals surface area contributed by atoms with Gasteiger partial charge < -0.3 is 39.9 Å². The minimum atomic E-state index is -0.375. The van der Waals surface area contributed by atoms with Crippen LogP contribution in [0.25, 0.3) is 128 Å². The standard InChI is InChI=1S/C51H38N2.2C27H25N2.C11H24O2.C7H16O2.CH3BFP.Bi.2Ir.2H/c1-51(2)47-19-11-9-17-43(47)44-31-30-42(34-48(44)51)52(40-26-21-36(22-27-40)35-13-5-3-6-14-35)41-28-23-37(24-29-41)38-25-32-50-46(33-38)45-18-10-12-20-49(45)53(50)39-15-7-4-8-16-39;2*1-17-10-18(2)13-22(12-17)26-27(23-14-19(3)11-20(4)15-23)29-25(16-28-26)24-9-7-6-8-21(24)5;1-8(2)5-10(12)7-11(13)6-9(3)4;1-3-6(8)5-7(9)4-2;2-4-1-3;;;;;/h3-34H,1-2H3;2*6-12,14-16H,1-5H3;8-13H,5-7H2,1-4H3;6-9H,3-5H2,1-2H3;4H,1H2;;;;;/q;2*-1;;;;;;;;. The molecule has 4 N–H and O–H groups in total. The Morgan fingerprint density at radius 1 is 0.371 bits per heavy atom. The van der Waals surface area contributed by atoms with E-state index in [0.29, 0.717) is 24.7 Å². The molecule has 5 radical (unpaired) electrons. The zero-order valence-corrected chi connectivity index (χ0v) is 94.4. The number of para-hydroxylation sites is 2. The first-order chi connectivity index (χ1) is 65.9. The SMILES string of the molecule is CC(C)CC(O)CC(O)CC(C)C.CC1(C)c2ccccc2-c2ccc(N(c3ccc(-c4ccccc4)cc3)c3ccc(-c4ccc5c(c4)c4ccccc4n5-c4ccccc4)cc3)cc21.CCC(O)CC(O)CC.Cc1[c-]c(-c2ncc(-c3ccccc3C)nc2-c2cc(C)cc(C)c2)cc(C)c1.Cc1[c-]c(-c2ncc(-c3ccccc3C)nc2-c2cc(C)cc(C)c2)cc(C)c1.[B]PCF.[BiH2].[Ir].[Ir]. The Balaban J connectivity index is 0.000000199. The van der Waals surface area contributed by atoms with Crippen molar-refractivity contribution in [1.82, 2.24) is 24.5 Å². The summed E-state index contributed by atoms with van der Waals surface area (Å²) in [6.07, 6.45) is 6.16. The van der Waals surface area contributed by atoms with Gasteiger partial charge in [0.15, 0.2) is 0 Å². The van der Waals surface area contributed by atoms with E-state index in [-0.39, 0.29) is 111 Å². The molecule has 0 bridgehead atoms. The minimum Gasteiger partial charge on any atom is 0 e. The maximum atomic E-state index is 10.6. The number of rotatable bonds is 23. The summed E-state index contributed by atoms with van der Waals surface area (Å²) in [5, 5.41) is 39.6. The average molecular weight is 2430 g/mol. The number of fused-ring (bicyclic) bond motifs is 6. The summed E-state index contributed by atoms with van der Waals surface area (Å²) < 4.78 is 13.0. The molecule has 17 aromatic rings. The van der Waals surface area contributed by atoms with Crippen molar-refractivity contribution in [1.29, 1.82) is 0 Å². The van der Waals surface area contributed by atoms with Crippen LogP contribution in [0.1, 0.15) is 161 Å². The molecule has 1 aliphatic rings. The van der Waals surface area contributed by atoms with Crippen molar-refractivity contribution >= 4 is 81.1 Å². The first-order valence-corrected chi connectivity index (χ1v) is 49.3. The third kappa shape index (κ3) is 28.6. The van der Waals surface area contributed by atoms with E-state index in [2.05, 4.69) is 431 Å². The smallest absolute Gasteiger partial charge is 0 e. The van der Waals surface area contributed by atoms with Crippen molar-refractivity contribution in [3.8, 4) is 107 Å². The van der Waals surface area contributed by atoms with Gasteiger partial charge in [-0.05, 0) is 225 Å². The van der Waals surface area contributed by atoms with Gasteiger partial charge in [-0.25, -0.2) is 4.39 Å². The molecule has 16 heteroatoms. The molecular formula is C124H133BBiFIr2N6O4P-2. The number of anilines is 3. The van der Waals surface area contributed by atoms with Crippen LogP contribution in [0.4, 0.5) is 21.5 Å². The Morgan fingerprint density at radius 2 is 0.750 bits per heavy atom. The van der Waals surface area contributed by atoms with Crippen LogP contribution >= 0.6 is 8.46 Å². The molecule has 3 aromatic heterocycles. The Kier molecular flexibility index (Phi) is 41.6. The zero-order valence-electron chi connectivity index (χ0n) is 84.1. The average Bonchev–Trinajstić information content (AvgIpc) is 1.16. The van der Waals surface area contributed by atoms with Crippen molar-refractivity contribution in [2.75, 3.05) is 11.3 Å². The molecule has 10 nitrogen and oxygen atoms in total. The third-order valence-electron chi connectivity index (χ3n) is 25.0. The Hall–Kier alpha value is -10.7. The largest absolute Gasteiger partial charge is 0 e. The molecule has 5 atom stereocenters. The summed E-state index contributed by atoms with van der Waals surface area (Å²) >= 11 is 0. The summed E-state index contributed by atoms with van der Waals surface area (Å²) in [5.74, 6) is 1.00. The summed E-state index contributed by atoms with van der Waals surface area (Å²) in [4.78, 5) is 22.4. The molecule has 5 unspecified atom stereocenters. The summed E-state index contributed by atoms with van der Waals surface area (Å²) in [7, 11) is 4.65. The van der Waals surface area contributed by atoms with E-state index in [1.165, 1.54) is 117 Å². The van der Waals surface area contributed by atoms with Crippen LogP contribution in [-0.2, 0) is 45.6 Å². The number of aryl methyl sites for hydroxylation is 10. The van der Waals surface area contributed by atoms with Crippen LogP contribution < -0.4 is 4.90 Å². The second-order valence-corrected chi connectivity index (χ2v) is 38.6. The van der Waals surface area contributed by atoms with Crippen molar-refractivity contribution in [2.24, 2.45) is 11.8 Å². The molecule has 14 aromatic carbocycles. The fourth-order valence-corrected chi connectivity index (χ4v) is 18.6. The van der Waals surface area contributed by atoms with E-state index in [1.54, 1.807) is 0 Å². The molecular weight excluding hydrogens is 2290 g/mol. The van der Waals surface area contributed by atoms with Crippen molar-refractivity contribution in [3.63, 3.8) is 0 Å². The number of aromatic nitrogens is 5. The van der Waals surface area contributed by atoms with E-state index >= 15 is 0 Å². The van der Waals surface area contributed by atoms with Crippen LogP contribution in [0.2, 0.25) is 0 Å². The van der Waals surface area contributed by atoms with Gasteiger partial charge in [-0.3, -0.25) is 9.97 Å². The van der Waals surface area contributed by atoms with Crippen LogP contribution in [-0.4, -0.2) is 110 Å². The zero-order chi connectivity index (χ0) is 97.7. The van der Waals surface area contributed by atoms with Gasteiger partial charge in [0.1, 0.15) is 7.57 Å². The summed E-state index contributed by atoms with van der Waals surface area (Å²) in [5.41, 5.74) is 40.8. The number of halogens is 1. The monoisotopic (exact) mass is 2430 g/mol. The molecule has 0 spiro atoms. The van der Waals surface area contributed by atoms with Gasteiger partial charge in [-0.1, -0.05) is 318 Å². The number of alkyl halides is 1. The number of aliphatic hydroxyl groups is 4. The Morgan fingerprint density at radius 3 is 1.20 bits per heavy atom. The fourth-order valence-electron chi connectivity index (χ4n) is 18.6. The number of aliphatic hydroxyl groups excluding tert-OH is 4. The van der Waals surface area contributed by atoms with Crippen LogP contribution in [0, 0.1) is 93.2 Å². The fraction of sp³-hybridized carbons (Fsp3) is 0.258. The molecule has 0 saturated carbocycles. The molecule has 18 rings (SSSR count). The van der Waals surface area contributed by atoms with Crippen molar-refractivity contribution < 1.29 is 65.0 Å². The van der Waals surface area contributed by atoms with E-state index in [0.717, 1.165) is 121 Å². The van der Waals surface area contributed by atoms with Crippen LogP contribution in [0.15, 0.2) is 316 Å². The first-order valence-electron chi connectivity index (χ1n) is 48.0. The van der Waals surface area contributed by atoms with E-state index in [1.807, 2.05) is 38.4 Å². The summed E-state index contributed by atoms with van der Waals surface area (Å²) in [6, 6.07) is 116. The van der Waals surface area contributed by atoms with E-state index in [9.17, 15) is 14.6 Å². The second-order valence-electron chi connectivity index (χ2n) is 37.9. The van der Waals surface area contributed by atoms with E-state index in [4.69, 9.17) is 30.1 Å². The van der Waals surface area contributed by atoms with E-state index < -0.39 is 0 Å². The molecule has 140 heavy (non-hydrogen) atoms. The number of hydrogen-bond donors (Lipinski definition) is 4. The Labute approximate surface area is 880 Å². The van der Waals surface area contributed by atoms with Gasteiger partial charge in [0.2, 0.25) is 0 Å². The van der Waals surface area contributed by atoms with Gasteiger partial charge in [-0.2, -0.15) is 0 Å². The van der Waals surface area contributed by atoms with Gasteiger partial charge >= 0.3 is 26.2 Å². The molecule has 723 valence electrons. The summed E-state index contributed by atoms with van der Waals surface area (Å²) in [6.45, 7) is 37.9. The molecule has 0 amide bonds. The minimum absolute atomic E-state index is 0. The maximum Gasteiger partial charge on any atom is 0 e. The molecule has 0 fully saturated rings.